The van der Waals surface area contributed by atoms with Crippen molar-refractivity contribution in [3.05, 3.63) is 206 Å². The largest absolute Gasteiger partial charge is 0.308 e. The highest BCUT2D eigenvalue weighted by Gasteiger charge is 2.21. The minimum atomic E-state index is 0.627. The number of fused-ring (bicyclic) bond motifs is 8. The van der Waals surface area contributed by atoms with Gasteiger partial charge in [-0.15, -0.1) is 0 Å². The van der Waals surface area contributed by atoms with Crippen molar-refractivity contribution in [2.75, 3.05) is 0 Å². The fourth-order valence-corrected chi connectivity index (χ4v) is 9.00. The Morgan fingerprint density at radius 3 is 1.63 bits per heavy atom. The molecule has 0 fully saturated rings. The van der Waals surface area contributed by atoms with Crippen LogP contribution in [0.1, 0.15) is 0 Å². The van der Waals surface area contributed by atoms with Crippen LogP contribution in [0.5, 0.6) is 0 Å². The number of benzene rings is 10. The predicted octanol–water partition coefficient (Wildman–Crippen LogP) is 14.2. The highest BCUT2D eigenvalue weighted by Crippen LogP contribution is 2.42. The van der Waals surface area contributed by atoms with E-state index in [1.54, 1.807) is 0 Å². The number of nitrogens with zero attached hydrogens (tertiary/aromatic N) is 4. The molecule has 12 aromatic rings. The molecule has 0 radical (unpaired) electrons. The minimum absolute atomic E-state index is 0.627. The van der Waals surface area contributed by atoms with Gasteiger partial charge in [0.15, 0.2) is 17.5 Å². The SMILES string of the molecule is c1ccc(-c2ccc3c(-n4c5cc6ccccc6cc5c5ccc6ccccc6c54)ccc(-c4nc(-c5ccccc5)nc(-c5cccc6ccccc56)n4)c3c2)cc1. The number of hydrogen-bond donors (Lipinski definition) is 0. The van der Waals surface area contributed by atoms with Gasteiger partial charge in [0.2, 0.25) is 0 Å². The van der Waals surface area contributed by atoms with Crippen molar-refractivity contribution in [2.45, 2.75) is 0 Å². The Labute approximate surface area is 340 Å². The zero-order valence-corrected chi connectivity index (χ0v) is 31.9. The quantitative estimate of drug-likeness (QED) is 0.176. The van der Waals surface area contributed by atoms with Crippen LogP contribution in [0, 0.1) is 0 Å². The fraction of sp³-hybridized carbons (Fsp3) is 0. The minimum Gasteiger partial charge on any atom is -0.308 e. The van der Waals surface area contributed by atoms with Crippen LogP contribution in [-0.2, 0) is 0 Å². The molecular formula is C55H34N4. The average molecular weight is 751 g/mol. The van der Waals surface area contributed by atoms with Crippen LogP contribution in [0.3, 0.4) is 0 Å². The molecule has 0 spiro atoms. The monoisotopic (exact) mass is 750 g/mol. The second kappa shape index (κ2) is 13.3. The molecule has 0 aliphatic rings. The van der Waals surface area contributed by atoms with E-state index in [2.05, 4.69) is 193 Å². The molecule has 0 aliphatic carbocycles. The lowest BCUT2D eigenvalue weighted by Crippen LogP contribution is -2.02. The Morgan fingerprint density at radius 1 is 0.288 bits per heavy atom. The Hall–Kier alpha value is -7.95. The van der Waals surface area contributed by atoms with Gasteiger partial charge in [0.25, 0.3) is 0 Å². The molecule has 59 heavy (non-hydrogen) atoms. The van der Waals surface area contributed by atoms with Crippen molar-refractivity contribution in [1.82, 2.24) is 19.5 Å². The van der Waals surface area contributed by atoms with Gasteiger partial charge < -0.3 is 4.57 Å². The van der Waals surface area contributed by atoms with Gasteiger partial charge in [-0.05, 0) is 73.8 Å². The van der Waals surface area contributed by atoms with E-state index in [0.717, 1.165) is 55.0 Å². The normalized spacial score (nSPS) is 11.7. The van der Waals surface area contributed by atoms with Gasteiger partial charge in [-0.1, -0.05) is 176 Å². The van der Waals surface area contributed by atoms with Crippen LogP contribution in [0.4, 0.5) is 0 Å². The van der Waals surface area contributed by atoms with Gasteiger partial charge in [-0.25, -0.2) is 15.0 Å². The third-order valence-electron chi connectivity index (χ3n) is 11.8. The number of hydrogen-bond acceptors (Lipinski definition) is 3. The van der Waals surface area contributed by atoms with Crippen LogP contribution in [0.2, 0.25) is 0 Å². The second-order valence-electron chi connectivity index (χ2n) is 15.2. The molecule has 274 valence electrons. The maximum atomic E-state index is 5.34. The first kappa shape index (κ1) is 33.2. The molecular weight excluding hydrogens is 717 g/mol. The van der Waals surface area contributed by atoms with Crippen molar-refractivity contribution in [2.24, 2.45) is 0 Å². The summed E-state index contributed by atoms with van der Waals surface area (Å²) in [6.45, 7) is 0. The van der Waals surface area contributed by atoms with E-state index >= 15 is 0 Å². The fourth-order valence-electron chi connectivity index (χ4n) is 9.00. The average Bonchev–Trinajstić information content (AvgIpc) is 3.63. The zero-order valence-electron chi connectivity index (χ0n) is 31.9. The Morgan fingerprint density at radius 2 is 0.864 bits per heavy atom. The van der Waals surface area contributed by atoms with Gasteiger partial charge in [-0.2, -0.15) is 0 Å². The van der Waals surface area contributed by atoms with Crippen molar-refractivity contribution >= 4 is 64.9 Å². The zero-order chi connectivity index (χ0) is 38.9. The molecule has 0 saturated heterocycles. The van der Waals surface area contributed by atoms with E-state index in [4.69, 9.17) is 15.0 Å². The van der Waals surface area contributed by atoms with Crippen LogP contribution < -0.4 is 0 Å². The lowest BCUT2D eigenvalue weighted by molar-refractivity contribution is 1.08. The lowest BCUT2D eigenvalue weighted by Gasteiger charge is -2.17. The summed E-state index contributed by atoms with van der Waals surface area (Å²) < 4.78 is 2.48. The van der Waals surface area contributed by atoms with E-state index < -0.39 is 0 Å². The summed E-state index contributed by atoms with van der Waals surface area (Å²) in [7, 11) is 0. The van der Waals surface area contributed by atoms with E-state index in [-0.39, 0.29) is 0 Å². The van der Waals surface area contributed by atoms with Gasteiger partial charge in [0, 0.05) is 38.2 Å². The summed E-state index contributed by atoms with van der Waals surface area (Å²) in [5, 5.41) is 11.7. The second-order valence-corrected chi connectivity index (χ2v) is 15.2. The van der Waals surface area contributed by atoms with Crippen molar-refractivity contribution < 1.29 is 0 Å². The smallest absolute Gasteiger partial charge is 0.164 e. The molecule has 2 aromatic heterocycles. The van der Waals surface area contributed by atoms with Gasteiger partial charge in [-0.3, -0.25) is 0 Å². The molecule has 12 rings (SSSR count). The molecule has 0 atom stereocenters. The molecule has 0 N–H and O–H groups in total. The summed E-state index contributed by atoms with van der Waals surface area (Å²) in [5.74, 6) is 1.90. The molecule has 2 heterocycles. The lowest BCUT2D eigenvalue weighted by atomic mass is 9.96. The summed E-state index contributed by atoms with van der Waals surface area (Å²) in [6.07, 6.45) is 0. The van der Waals surface area contributed by atoms with Crippen LogP contribution in [0.15, 0.2) is 206 Å². The van der Waals surface area contributed by atoms with E-state index in [9.17, 15) is 0 Å². The highest BCUT2D eigenvalue weighted by molar-refractivity contribution is 6.21. The summed E-state index contributed by atoms with van der Waals surface area (Å²) in [6, 6.07) is 73.5. The first-order valence-electron chi connectivity index (χ1n) is 20.0. The molecule has 0 bridgehead atoms. The van der Waals surface area contributed by atoms with E-state index in [0.29, 0.717) is 17.5 Å². The first-order chi connectivity index (χ1) is 29.2. The van der Waals surface area contributed by atoms with E-state index in [1.165, 1.54) is 43.4 Å². The van der Waals surface area contributed by atoms with Crippen molar-refractivity contribution in [1.29, 1.82) is 0 Å². The molecule has 0 amide bonds. The third kappa shape index (κ3) is 5.42. The van der Waals surface area contributed by atoms with Gasteiger partial charge >= 0.3 is 0 Å². The summed E-state index contributed by atoms with van der Waals surface area (Å²) >= 11 is 0. The number of rotatable bonds is 5. The van der Waals surface area contributed by atoms with Crippen LogP contribution in [0.25, 0.3) is 116 Å². The maximum Gasteiger partial charge on any atom is 0.164 e. The molecule has 4 heteroatoms. The standard InChI is InChI=1S/C55H34N4/c1-3-14-35(15-4-1)41-27-28-44-48(32-41)47(55-57-53(38-18-5-2-6-19-38)56-54(58-55)46-25-13-22-36-16-9-11-23-42(36)46)30-31-50(44)59-51-34-40-21-8-7-20-39(40)33-49(51)45-29-26-37-17-10-12-24-43(37)52(45)59/h1-34H. The van der Waals surface area contributed by atoms with Gasteiger partial charge in [0.05, 0.1) is 16.7 Å². The van der Waals surface area contributed by atoms with Gasteiger partial charge in [0.1, 0.15) is 0 Å². The van der Waals surface area contributed by atoms with Crippen LogP contribution >= 0.6 is 0 Å². The van der Waals surface area contributed by atoms with Crippen molar-refractivity contribution in [3.63, 3.8) is 0 Å². The maximum absolute atomic E-state index is 5.34. The molecule has 10 aromatic carbocycles. The van der Waals surface area contributed by atoms with E-state index in [1.807, 2.05) is 18.2 Å². The van der Waals surface area contributed by atoms with Crippen LogP contribution in [-0.4, -0.2) is 19.5 Å². The Bertz CT molecular complexity index is 3600. The predicted molar refractivity (Wildman–Crippen MR) is 246 cm³/mol. The molecule has 4 nitrogen and oxygen atoms in total. The Kier molecular flexibility index (Phi) is 7.50. The molecule has 0 unspecified atom stereocenters. The summed E-state index contributed by atoms with van der Waals surface area (Å²) in [4.78, 5) is 15.8. The molecule has 0 saturated carbocycles. The first-order valence-corrected chi connectivity index (χ1v) is 20.0. The Balaban J connectivity index is 1.19. The highest BCUT2D eigenvalue weighted by atomic mass is 15.0. The summed E-state index contributed by atoms with van der Waals surface area (Å²) in [5.41, 5.74) is 8.59. The third-order valence-corrected chi connectivity index (χ3v) is 11.8. The van der Waals surface area contributed by atoms with Crippen molar-refractivity contribution in [3.8, 4) is 51.0 Å². The topological polar surface area (TPSA) is 43.6 Å². The molecule has 0 aliphatic heterocycles. The number of aromatic nitrogens is 4.